The molecule has 0 atom stereocenters. The molecule has 0 N–H and O–H groups in total. The van der Waals surface area contributed by atoms with Crippen LogP contribution in [0.1, 0.15) is 11.1 Å². The Bertz CT molecular complexity index is 525. The molecule has 3 nitrogen and oxygen atoms in total. The van der Waals surface area contributed by atoms with E-state index in [1.165, 1.54) is 0 Å². The summed E-state index contributed by atoms with van der Waals surface area (Å²) in [6, 6.07) is 11.6. The summed E-state index contributed by atoms with van der Waals surface area (Å²) in [6.07, 6.45) is 0. The molecular formula is C16H18O3. The number of para-hydroxylation sites is 2. The maximum Gasteiger partial charge on any atom is 0.169 e. The molecule has 0 aliphatic rings. The second-order valence-electron chi connectivity index (χ2n) is 4.31. The van der Waals surface area contributed by atoms with Gasteiger partial charge in [0.1, 0.15) is 0 Å². The van der Waals surface area contributed by atoms with Crippen molar-refractivity contribution in [3.05, 3.63) is 47.5 Å². The van der Waals surface area contributed by atoms with E-state index in [-0.39, 0.29) is 0 Å². The van der Waals surface area contributed by atoms with Gasteiger partial charge in [-0.2, -0.15) is 0 Å². The van der Waals surface area contributed by atoms with Crippen molar-refractivity contribution in [2.75, 3.05) is 14.2 Å². The summed E-state index contributed by atoms with van der Waals surface area (Å²) in [7, 11) is 3.28. The molecule has 2 aromatic rings. The van der Waals surface area contributed by atoms with Crippen LogP contribution < -0.4 is 14.2 Å². The van der Waals surface area contributed by atoms with Crippen LogP contribution in [0.3, 0.4) is 0 Å². The molecule has 100 valence electrons. The predicted octanol–water partition coefficient (Wildman–Crippen LogP) is 4.11. The molecule has 0 aliphatic carbocycles. The highest BCUT2D eigenvalue weighted by Gasteiger charge is 2.12. The third-order valence-corrected chi connectivity index (χ3v) is 2.98. The largest absolute Gasteiger partial charge is 0.493 e. The monoisotopic (exact) mass is 258 g/mol. The molecule has 0 unspecified atom stereocenters. The number of hydrogen-bond donors (Lipinski definition) is 0. The summed E-state index contributed by atoms with van der Waals surface area (Å²) in [6.45, 7) is 3.97. The van der Waals surface area contributed by atoms with Gasteiger partial charge < -0.3 is 14.2 Å². The van der Waals surface area contributed by atoms with Gasteiger partial charge in [0.25, 0.3) is 0 Å². The minimum atomic E-state index is 0.686. The molecule has 0 saturated heterocycles. The van der Waals surface area contributed by atoms with E-state index in [1.54, 1.807) is 14.2 Å². The van der Waals surface area contributed by atoms with Crippen LogP contribution in [0.2, 0.25) is 0 Å². The van der Waals surface area contributed by atoms with E-state index in [0.29, 0.717) is 11.5 Å². The predicted molar refractivity (Wildman–Crippen MR) is 75.5 cm³/mol. The van der Waals surface area contributed by atoms with E-state index in [9.17, 15) is 0 Å². The van der Waals surface area contributed by atoms with Crippen LogP contribution in [-0.4, -0.2) is 14.2 Å². The molecule has 0 saturated carbocycles. The zero-order chi connectivity index (χ0) is 13.8. The molecule has 19 heavy (non-hydrogen) atoms. The summed E-state index contributed by atoms with van der Waals surface area (Å²) < 4.78 is 16.7. The summed E-state index contributed by atoms with van der Waals surface area (Å²) >= 11 is 0. The van der Waals surface area contributed by atoms with Crippen LogP contribution in [0.5, 0.6) is 23.0 Å². The van der Waals surface area contributed by atoms with E-state index in [2.05, 4.69) is 0 Å². The number of benzene rings is 2. The number of ether oxygens (including phenoxy) is 3. The van der Waals surface area contributed by atoms with Gasteiger partial charge in [0.15, 0.2) is 23.0 Å². The maximum absolute atomic E-state index is 5.93. The van der Waals surface area contributed by atoms with E-state index in [1.807, 2.05) is 50.2 Å². The lowest BCUT2D eigenvalue weighted by Crippen LogP contribution is -1.95. The molecule has 0 fully saturated rings. The Labute approximate surface area is 113 Å². The van der Waals surface area contributed by atoms with Crippen molar-refractivity contribution in [1.82, 2.24) is 0 Å². The van der Waals surface area contributed by atoms with Crippen LogP contribution in [0.4, 0.5) is 0 Å². The second kappa shape index (κ2) is 5.65. The molecule has 0 spiro atoms. The Morgan fingerprint density at radius 1 is 0.684 bits per heavy atom. The fourth-order valence-corrected chi connectivity index (χ4v) is 2.05. The van der Waals surface area contributed by atoms with Gasteiger partial charge in [0, 0.05) is 0 Å². The summed E-state index contributed by atoms with van der Waals surface area (Å²) in [5, 5.41) is 0. The van der Waals surface area contributed by atoms with Crippen molar-refractivity contribution < 1.29 is 14.2 Å². The van der Waals surface area contributed by atoms with Gasteiger partial charge in [-0.05, 0) is 37.1 Å². The summed E-state index contributed by atoms with van der Waals surface area (Å²) in [4.78, 5) is 0. The summed E-state index contributed by atoms with van der Waals surface area (Å²) in [5.74, 6) is 2.86. The minimum absolute atomic E-state index is 0.686. The van der Waals surface area contributed by atoms with E-state index >= 15 is 0 Å². The topological polar surface area (TPSA) is 27.7 Å². The lowest BCUT2D eigenvalue weighted by atomic mass is 10.2. The third-order valence-electron chi connectivity index (χ3n) is 2.98. The Morgan fingerprint density at radius 3 is 1.47 bits per heavy atom. The average Bonchev–Trinajstić information content (AvgIpc) is 2.39. The average molecular weight is 258 g/mol. The standard InChI is InChI=1S/C16H18O3/c1-11-7-5-9-13(15(11)17-3)19-14-10-6-8-12(2)16(14)18-4/h5-10H,1-4H3. The first-order chi connectivity index (χ1) is 9.17. The molecule has 0 aliphatic heterocycles. The van der Waals surface area contributed by atoms with E-state index < -0.39 is 0 Å². The molecule has 0 bridgehead atoms. The summed E-state index contributed by atoms with van der Waals surface area (Å²) in [5.41, 5.74) is 2.07. The van der Waals surface area contributed by atoms with Crippen molar-refractivity contribution >= 4 is 0 Å². The van der Waals surface area contributed by atoms with Crippen LogP contribution in [0.15, 0.2) is 36.4 Å². The van der Waals surface area contributed by atoms with Crippen molar-refractivity contribution in [3.8, 4) is 23.0 Å². The van der Waals surface area contributed by atoms with E-state index in [4.69, 9.17) is 14.2 Å². The van der Waals surface area contributed by atoms with Gasteiger partial charge in [-0.15, -0.1) is 0 Å². The number of rotatable bonds is 4. The quantitative estimate of drug-likeness (QED) is 0.825. The van der Waals surface area contributed by atoms with Gasteiger partial charge in [-0.1, -0.05) is 24.3 Å². The number of aryl methyl sites for hydroxylation is 2. The number of methoxy groups -OCH3 is 2. The van der Waals surface area contributed by atoms with Gasteiger partial charge in [0.2, 0.25) is 0 Å². The van der Waals surface area contributed by atoms with Crippen LogP contribution >= 0.6 is 0 Å². The lowest BCUT2D eigenvalue weighted by Gasteiger charge is -2.15. The fraction of sp³-hybridized carbons (Fsp3) is 0.250. The van der Waals surface area contributed by atoms with Crippen molar-refractivity contribution in [2.24, 2.45) is 0 Å². The minimum Gasteiger partial charge on any atom is -0.493 e. The Hall–Kier alpha value is -2.16. The smallest absolute Gasteiger partial charge is 0.169 e. The zero-order valence-electron chi connectivity index (χ0n) is 11.7. The normalized spacial score (nSPS) is 10.1. The molecule has 3 heteroatoms. The maximum atomic E-state index is 5.93. The van der Waals surface area contributed by atoms with Crippen molar-refractivity contribution in [1.29, 1.82) is 0 Å². The first-order valence-electron chi connectivity index (χ1n) is 6.12. The SMILES string of the molecule is COc1c(C)cccc1Oc1cccc(C)c1OC. The highest BCUT2D eigenvalue weighted by atomic mass is 16.5. The third kappa shape index (κ3) is 2.65. The Kier molecular flexibility index (Phi) is 3.95. The zero-order valence-corrected chi connectivity index (χ0v) is 11.7. The van der Waals surface area contributed by atoms with Crippen molar-refractivity contribution in [3.63, 3.8) is 0 Å². The van der Waals surface area contributed by atoms with E-state index in [0.717, 1.165) is 22.6 Å². The second-order valence-corrected chi connectivity index (χ2v) is 4.31. The molecule has 0 heterocycles. The van der Waals surface area contributed by atoms with Crippen molar-refractivity contribution in [2.45, 2.75) is 13.8 Å². The molecule has 2 aromatic carbocycles. The number of hydrogen-bond acceptors (Lipinski definition) is 3. The van der Waals surface area contributed by atoms with Gasteiger partial charge in [-0.25, -0.2) is 0 Å². The molecule has 0 radical (unpaired) electrons. The van der Waals surface area contributed by atoms with Gasteiger partial charge in [-0.3, -0.25) is 0 Å². The molecular weight excluding hydrogens is 240 g/mol. The molecule has 2 rings (SSSR count). The van der Waals surface area contributed by atoms with Gasteiger partial charge >= 0.3 is 0 Å². The molecule has 0 aromatic heterocycles. The first-order valence-corrected chi connectivity index (χ1v) is 6.12. The first kappa shape index (κ1) is 13.3. The van der Waals surface area contributed by atoms with Crippen LogP contribution in [0.25, 0.3) is 0 Å². The Balaban J connectivity index is 2.42. The fourth-order valence-electron chi connectivity index (χ4n) is 2.05. The highest BCUT2D eigenvalue weighted by molar-refractivity contribution is 5.52. The van der Waals surface area contributed by atoms with Crippen LogP contribution in [-0.2, 0) is 0 Å². The highest BCUT2D eigenvalue weighted by Crippen LogP contribution is 2.38. The van der Waals surface area contributed by atoms with Crippen LogP contribution in [0, 0.1) is 13.8 Å². The van der Waals surface area contributed by atoms with Gasteiger partial charge in [0.05, 0.1) is 14.2 Å². The lowest BCUT2D eigenvalue weighted by molar-refractivity contribution is 0.354. The Morgan fingerprint density at radius 2 is 1.11 bits per heavy atom. The molecule has 0 amide bonds.